The summed E-state index contributed by atoms with van der Waals surface area (Å²) < 4.78 is 5.32. The molecule has 0 aliphatic carbocycles. The summed E-state index contributed by atoms with van der Waals surface area (Å²) in [4.78, 5) is 29.3. The standard InChI is InChI=1S/C18H15N3O3/c19-18(23)21(12-13-5-2-1-3-6-13)15-8-9-16(24-17(15)22)14-7-4-10-20-11-14/h1-11H,12H2,(H2,19,23). The molecule has 120 valence electrons. The molecule has 0 unspecified atom stereocenters. The quantitative estimate of drug-likeness (QED) is 0.800. The number of carbonyl (C=O) groups is 1. The second-order valence-electron chi connectivity index (χ2n) is 5.12. The highest BCUT2D eigenvalue weighted by Gasteiger charge is 2.18. The van der Waals surface area contributed by atoms with E-state index in [-0.39, 0.29) is 12.2 Å². The van der Waals surface area contributed by atoms with E-state index in [1.807, 2.05) is 30.3 Å². The van der Waals surface area contributed by atoms with Gasteiger partial charge in [0.1, 0.15) is 11.4 Å². The first kappa shape index (κ1) is 15.5. The maximum atomic E-state index is 12.3. The third kappa shape index (κ3) is 3.33. The van der Waals surface area contributed by atoms with Crippen LogP contribution in [-0.4, -0.2) is 11.0 Å². The number of anilines is 1. The van der Waals surface area contributed by atoms with Crippen LogP contribution in [0.1, 0.15) is 5.56 Å². The molecule has 0 fully saturated rings. The van der Waals surface area contributed by atoms with Gasteiger partial charge in [0, 0.05) is 18.0 Å². The minimum atomic E-state index is -0.722. The molecule has 3 rings (SSSR count). The molecule has 1 aromatic carbocycles. The van der Waals surface area contributed by atoms with Gasteiger partial charge in [-0.05, 0) is 29.8 Å². The average molecular weight is 321 g/mol. The van der Waals surface area contributed by atoms with Crippen LogP contribution in [0.4, 0.5) is 10.5 Å². The molecule has 6 heteroatoms. The van der Waals surface area contributed by atoms with Crippen LogP contribution in [0, 0.1) is 0 Å². The molecular weight excluding hydrogens is 306 g/mol. The van der Waals surface area contributed by atoms with E-state index in [1.54, 1.807) is 30.6 Å². The SMILES string of the molecule is NC(=O)N(Cc1ccccc1)c1ccc(-c2cccnc2)oc1=O. The Balaban J connectivity index is 1.94. The summed E-state index contributed by atoms with van der Waals surface area (Å²) in [6.07, 6.45) is 3.22. The third-order valence-corrected chi connectivity index (χ3v) is 3.49. The maximum absolute atomic E-state index is 12.3. The van der Waals surface area contributed by atoms with E-state index in [0.29, 0.717) is 11.3 Å². The van der Waals surface area contributed by atoms with Crippen LogP contribution < -0.4 is 16.3 Å². The Bertz CT molecular complexity index is 892. The predicted molar refractivity (Wildman–Crippen MR) is 90.4 cm³/mol. The monoisotopic (exact) mass is 321 g/mol. The van der Waals surface area contributed by atoms with Crippen molar-refractivity contribution in [1.29, 1.82) is 0 Å². The van der Waals surface area contributed by atoms with Crippen molar-refractivity contribution in [3.05, 3.63) is 83.0 Å². The van der Waals surface area contributed by atoms with E-state index >= 15 is 0 Å². The molecule has 0 radical (unpaired) electrons. The minimum Gasteiger partial charge on any atom is -0.421 e. The first-order valence-electron chi connectivity index (χ1n) is 7.30. The highest BCUT2D eigenvalue weighted by molar-refractivity contribution is 5.90. The topological polar surface area (TPSA) is 89.4 Å². The number of benzene rings is 1. The van der Waals surface area contributed by atoms with Gasteiger partial charge in [0.05, 0.1) is 6.54 Å². The summed E-state index contributed by atoms with van der Waals surface area (Å²) in [5.41, 5.74) is 6.42. The Morgan fingerprint density at radius 2 is 1.88 bits per heavy atom. The smallest absolute Gasteiger partial charge is 0.360 e. The summed E-state index contributed by atoms with van der Waals surface area (Å²) in [5.74, 6) is 0.376. The zero-order chi connectivity index (χ0) is 16.9. The highest BCUT2D eigenvalue weighted by Crippen LogP contribution is 2.20. The first-order valence-corrected chi connectivity index (χ1v) is 7.30. The van der Waals surface area contributed by atoms with Gasteiger partial charge in [-0.3, -0.25) is 9.88 Å². The number of hydrogen-bond acceptors (Lipinski definition) is 4. The van der Waals surface area contributed by atoms with Crippen molar-refractivity contribution >= 4 is 11.7 Å². The van der Waals surface area contributed by atoms with Crippen LogP contribution in [-0.2, 0) is 6.54 Å². The van der Waals surface area contributed by atoms with Crippen molar-refractivity contribution < 1.29 is 9.21 Å². The number of nitrogens with two attached hydrogens (primary N) is 1. The van der Waals surface area contributed by atoms with Crippen molar-refractivity contribution in [3.8, 4) is 11.3 Å². The number of pyridine rings is 1. The Labute approximate surface area is 138 Å². The van der Waals surface area contributed by atoms with Crippen LogP contribution in [0.2, 0.25) is 0 Å². The van der Waals surface area contributed by atoms with Crippen molar-refractivity contribution in [1.82, 2.24) is 4.98 Å². The number of aromatic nitrogens is 1. The number of rotatable bonds is 4. The fourth-order valence-corrected chi connectivity index (χ4v) is 2.32. The zero-order valence-electron chi connectivity index (χ0n) is 12.8. The van der Waals surface area contributed by atoms with E-state index in [1.165, 1.54) is 11.0 Å². The largest absolute Gasteiger partial charge is 0.421 e. The number of carbonyl (C=O) groups excluding carboxylic acids is 1. The molecule has 0 saturated carbocycles. The van der Waals surface area contributed by atoms with Gasteiger partial charge < -0.3 is 10.2 Å². The van der Waals surface area contributed by atoms with E-state index < -0.39 is 11.7 Å². The second-order valence-corrected chi connectivity index (χ2v) is 5.12. The Morgan fingerprint density at radius 3 is 2.50 bits per heavy atom. The molecule has 6 nitrogen and oxygen atoms in total. The summed E-state index contributed by atoms with van der Waals surface area (Å²) in [6.45, 7) is 0.188. The Kier molecular flexibility index (Phi) is 4.38. The van der Waals surface area contributed by atoms with Crippen molar-refractivity contribution in [2.75, 3.05) is 4.90 Å². The van der Waals surface area contributed by atoms with Crippen LogP contribution in [0.25, 0.3) is 11.3 Å². The van der Waals surface area contributed by atoms with Gasteiger partial charge in [-0.1, -0.05) is 30.3 Å². The molecule has 0 spiro atoms. The summed E-state index contributed by atoms with van der Waals surface area (Å²) in [7, 11) is 0. The predicted octanol–water partition coefficient (Wildman–Crippen LogP) is 2.79. The molecule has 0 aliphatic heterocycles. The Hall–Kier alpha value is -3.41. The van der Waals surface area contributed by atoms with Gasteiger partial charge in [-0.25, -0.2) is 9.59 Å². The lowest BCUT2D eigenvalue weighted by Gasteiger charge is -2.19. The Morgan fingerprint density at radius 1 is 1.08 bits per heavy atom. The van der Waals surface area contributed by atoms with E-state index in [4.69, 9.17) is 10.2 Å². The van der Waals surface area contributed by atoms with Gasteiger partial charge in [0.25, 0.3) is 0 Å². The average Bonchev–Trinajstić information content (AvgIpc) is 2.61. The van der Waals surface area contributed by atoms with Gasteiger partial charge >= 0.3 is 11.7 Å². The number of primary amides is 1. The zero-order valence-corrected chi connectivity index (χ0v) is 12.8. The van der Waals surface area contributed by atoms with E-state index in [2.05, 4.69) is 4.98 Å². The van der Waals surface area contributed by atoms with Crippen LogP contribution >= 0.6 is 0 Å². The lowest BCUT2D eigenvalue weighted by Crippen LogP contribution is -2.37. The van der Waals surface area contributed by atoms with Crippen molar-refractivity contribution in [2.45, 2.75) is 6.54 Å². The number of hydrogen-bond donors (Lipinski definition) is 1. The van der Waals surface area contributed by atoms with Crippen molar-refractivity contribution in [2.24, 2.45) is 5.73 Å². The lowest BCUT2D eigenvalue weighted by molar-refractivity contribution is 0.253. The molecule has 0 atom stereocenters. The number of nitrogens with zero attached hydrogens (tertiary/aromatic N) is 2. The summed E-state index contributed by atoms with van der Waals surface area (Å²) >= 11 is 0. The lowest BCUT2D eigenvalue weighted by atomic mass is 10.2. The van der Waals surface area contributed by atoms with E-state index in [0.717, 1.165) is 5.56 Å². The van der Waals surface area contributed by atoms with Crippen LogP contribution in [0.15, 0.2) is 76.2 Å². The van der Waals surface area contributed by atoms with Gasteiger partial charge in [-0.15, -0.1) is 0 Å². The molecule has 3 aromatic rings. The fraction of sp³-hybridized carbons (Fsp3) is 0.0556. The normalized spacial score (nSPS) is 10.3. The molecule has 0 saturated heterocycles. The van der Waals surface area contributed by atoms with Gasteiger partial charge in [0.15, 0.2) is 0 Å². The van der Waals surface area contributed by atoms with Crippen molar-refractivity contribution in [3.63, 3.8) is 0 Å². The van der Waals surface area contributed by atoms with Gasteiger partial charge in [0.2, 0.25) is 0 Å². The molecule has 2 amide bonds. The summed E-state index contributed by atoms with van der Waals surface area (Å²) in [6, 6.07) is 15.2. The van der Waals surface area contributed by atoms with Crippen LogP contribution in [0.5, 0.6) is 0 Å². The molecule has 2 aromatic heterocycles. The van der Waals surface area contributed by atoms with Crippen LogP contribution in [0.3, 0.4) is 0 Å². The molecule has 2 N–H and O–H groups in total. The van der Waals surface area contributed by atoms with E-state index in [9.17, 15) is 9.59 Å². The molecule has 2 heterocycles. The molecule has 0 bridgehead atoms. The maximum Gasteiger partial charge on any atom is 0.360 e. The minimum absolute atomic E-state index is 0.0963. The summed E-state index contributed by atoms with van der Waals surface area (Å²) in [5, 5.41) is 0. The number of urea groups is 1. The number of amides is 2. The molecule has 0 aliphatic rings. The molecular formula is C18H15N3O3. The van der Waals surface area contributed by atoms with Gasteiger partial charge in [-0.2, -0.15) is 0 Å². The fourth-order valence-electron chi connectivity index (χ4n) is 2.32. The first-order chi connectivity index (χ1) is 11.6. The second kappa shape index (κ2) is 6.78. The molecule has 24 heavy (non-hydrogen) atoms. The highest BCUT2D eigenvalue weighted by atomic mass is 16.4. The third-order valence-electron chi connectivity index (χ3n) is 3.49.